The van der Waals surface area contributed by atoms with Crippen LogP contribution in [0.25, 0.3) is 0 Å². The van der Waals surface area contributed by atoms with Gasteiger partial charge in [0.25, 0.3) is 0 Å². The maximum atomic E-state index is 13.5. The molecule has 20 heavy (non-hydrogen) atoms. The fourth-order valence-corrected chi connectivity index (χ4v) is 2.03. The van der Waals surface area contributed by atoms with Gasteiger partial charge in [-0.1, -0.05) is 12.1 Å². The number of hydrogen-bond donors (Lipinski definition) is 0. The summed E-state index contributed by atoms with van der Waals surface area (Å²) in [7, 11) is 1.37. The molecule has 2 rings (SSSR count). The first-order valence-electron chi connectivity index (χ1n) is 5.86. The molecule has 0 radical (unpaired) electrons. The van der Waals surface area contributed by atoms with Crippen LogP contribution >= 0.6 is 15.9 Å². The van der Waals surface area contributed by atoms with Crippen LogP contribution in [0, 0.1) is 5.82 Å². The summed E-state index contributed by atoms with van der Waals surface area (Å²) in [5.74, 6) is -0.204. The van der Waals surface area contributed by atoms with Gasteiger partial charge in [0.1, 0.15) is 5.75 Å². The molecule has 2 aromatic rings. The lowest BCUT2D eigenvalue weighted by molar-refractivity contribution is 0.0920. The average Bonchev–Trinajstić information content (AvgIpc) is 2.46. The normalized spacial score (nSPS) is 10.2. The van der Waals surface area contributed by atoms with Gasteiger partial charge in [0.15, 0.2) is 24.0 Å². The number of ether oxygens (including phenoxy) is 2. The standard InChI is InChI=1S/C15H12BrFO3/c1-19-15-7-6-10(8-12(15)17)13(18)9-20-14-5-3-2-4-11(14)16/h2-8H,9H2,1H3. The fraction of sp³-hybridized carbons (Fsp3) is 0.133. The summed E-state index contributed by atoms with van der Waals surface area (Å²) < 4.78 is 24.5. The van der Waals surface area contributed by atoms with E-state index in [9.17, 15) is 9.18 Å². The van der Waals surface area contributed by atoms with E-state index in [1.807, 2.05) is 12.1 Å². The first kappa shape index (κ1) is 14.5. The van der Waals surface area contributed by atoms with Gasteiger partial charge in [0.05, 0.1) is 11.6 Å². The Bertz CT molecular complexity index is 628. The minimum Gasteiger partial charge on any atom is -0.494 e. The molecule has 0 unspecified atom stereocenters. The molecule has 104 valence electrons. The molecule has 0 bridgehead atoms. The summed E-state index contributed by atoms with van der Waals surface area (Å²) in [4.78, 5) is 11.9. The van der Waals surface area contributed by atoms with E-state index < -0.39 is 5.82 Å². The van der Waals surface area contributed by atoms with E-state index in [-0.39, 0.29) is 23.7 Å². The Hall–Kier alpha value is -1.88. The Balaban J connectivity index is 2.05. The van der Waals surface area contributed by atoms with Gasteiger partial charge < -0.3 is 9.47 Å². The molecular weight excluding hydrogens is 327 g/mol. The van der Waals surface area contributed by atoms with Gasteiger partial charge in [-0.3, -0.25) is 4.79 Å². The largest absolute Gasteiger partial charge is 0.494 e. The van der Waals surface area contributed by atoms with Crippen molar-refractivity contribution in [2.24, 2.45) is 0 Å². The molecule has 3 nitrogen and oxygen atoms in total. The summed E-state index contributed by atoms with van der Waals surface area (Å²) in [5, 5.41) is 0. The van der Waals surface area contributed by atoms with Crippen molar-refractivity contribution < 1.29 is 18.7 Å². The van der Waals surface area contributed by atoms with Crippen LogP contribution in [0.1, 0.15) is 10.4 Å². The Kier molecular flexibility index (Phi) is 4.74. The van der Waals surface area contributed by atoms with Crippen molar-refractivity contribution in [1.29, 1.82) is 0 Å². The van der Waals surface area contributed by atoms with Crippen LogP contribution in [-0.4, -0.2) is 19.5 Å². The van der Waals surface area contributed by atoms with E-state index in [1.165, 1.54) is 19.2 Å². The summed E-state index contributed by atoms with van der Waals surface area (Å²) in [6.07, 6.45) is 0. The molecule has 0 amide bonds. The third kappa shape index (κ3) is 3.36. The molecule has 0 saturated carbocycles. The minimum atomic E-state index is -0.570. The third-order valence-electron chi connectivity index (χ3n) is 2.67. The lowest BCUT2D eigenvalue weighted by Crippen LogP contribution is -2.12. The van der Waals surface area contributed by atoms with Gasteiger partial charge in [-0.05, 0) is 46.3 Å². The number of ketones is 1. The van der Waals surface area contributed by atoms with Crippen LogP contribution in [-0.2, 0) is 0 Å². The number of carbonyl (C=O) groups is 1. The van der Waals surface area contributed by atoms with Crippen molar-refractivity contribution in [3.8, 4) is 11.5 Å². The van der Waals surface area contributed by atoms with Gasteiger partial charge in [-0.25, -0.2) is 4.39 Å². The predicted molar refractivity (Wildman–Crippen MR) is 76.9 cm³/mol. The van der Waals surface area contributed by atoms with E-state index in [2.05, 4.69) is 15.9 Å². The van der Waals surface area contributed by atoms with Gasteiger partial charge in [-0.15, -0.1) is 0 Å². The first-order chi connectivity index (χ1) is 9.61. The second-order valence-corrected chi connectivity index (χ2v) is 4.85. The molecular formula is C15H12BrFO3. The van der Waals surface area contributed by atoms with Gasteiger partial charge in [0, 0.05) is 5.56 Å². The first-order valence-corrected chi connectivity index (χ1v) is 6.65. The van der Waals surface area contributed by atoms with Crippen molar-refractivity contribution in [1.82, 2.24) is 0 Å². The topological polar surface area (TPSA) is 35.5 Å². The van der Waals surface area contributed by atoms with Gasteiger partial charge in [0.2, 0.25) is 0 Å². The summed E-state index contributed by atoms with van der Waals surface area (Å²) in [6.45, 7) is -0.158. The highest BCUT2D eigenvalue weighted by Crippen LogP contribution is 2.24. The molecule has 0 aliphatic rings. The number of hydrogen-bond acceptors (Lipinski definition) is 3. The number of para-hydroxylation sites is 1. The van der Waals surface area contributed by atoms with Crippen molar-refractivity contribution in [2.45, 2.75) is 0 Å². The number of rotatable bonds is 5. The quantitative estimate of drug-likeness (QED) is 0.776. The summed E-state index contributed by atoms with van der Waals surface area (Å²) in [6, 6.07) is 11.3. The third-order valence-corrected chi connectivity index (χ3v) is 3.32. The highest BCUT2D eigenvalue weighted by Gasteiger charge is 2.11. The van der Waals surface area contributed by atoms with Crippen molar-refractivity contribution in [3.05, 3.63) is 58.3 Å². The maximum Gasteiger partial charge on any atom is 0.200 e. The van der Waals surface area contributed by atoms with Crippen LogP contribution in [0.5, 0.6) is 11.5 Å². The minimum absolute atomic E-state index is 0.105. The summed E-state index contributed by atoms with van der Waals surface area (Å²) in [5.41, 5.74) is 0.246. The van der Waals surface area contributed by atoms with Crippen LogP contribution in [0.15, 0.2) is 46.9 Å². The van der Waals surface area contributed by atoms with Crippen molar-refractivity contribution >= 4 is 21.7 Å². The SMILES string of the molecule is COc1ccc(C(=O)COc2ccccc2Br)cc1F. The van der Waals surface area contributed by atoms with E-state index in [0.29, 0.717) is 5.75 Å². The van der Waals surface area contributed by atoms with Crippen molar-refractivity contribution in [2.75, 3.05) is 13.7 Å². The maximum absolute atomic E-state index is 13.5. The zero-order valence-corrected chi connectivity index (χ0v) is 12.3. The molecule has 0 saturated heterocycles. The second-order valence-electron chi connectivity index (χ2n) is 3.99. The Morgan fingerprint density at radius 1 is 1.20 bits per heavy atom. The number of Topliss-reactive ketones (excluding diaryl/α,β-unsaturated/α-hetero) is 1. The van der Waals surface area contributed by atoms with Crippen molar-refractivity contribution in [3.63, 3.8) is 0 Å². The molecule has 0 aliphatic carbocycles. The monoisotopic (exact) mass is 338 g/mol. The zero-order valence-electron chi connectivity index (χ0n) is 10.7. The Labute approximate surface area is 124 Å². The number of halogens is 2. The number of methoxy groups -OCH3 is 1. The predicted octanol–water partition coefficient (Wildman–Crippen LogP) is 3.86. The van der Waals surface area contributed by atoms with E-state index in [1.54, 1.807) is 12.1 Å². The van der Waals surface area contributed by atoms with E-state index in [0.717, 1.165) is 10.5 Å². The second kappa shape index (κ2) is 6.52. The van der Waals surface area contributed by atoms with Crippen LogP contribution in [0.4, 0.5) is 4.39 Å². The fourth-order valence-electron chi connectivity index (χ4n) is 1.63. The molecule has 2 aromatic carbocycles. The molecule has 5 heteroatoms. The highest BCUT2D eigenvalue weighted by molar-refractivity contribution is 9.10. The lowest BCUT2D eigenvalue weighted by Gasteiger charge is -2.08. The molecule has 0 N–H and O–H groups in total. The highest BCUT2D eigenvalue weighted by atomic mass is 79.9. The number of carbonyl (C=O) groups excluding carboxylic acids is 1. The van der Waals surface area contributed by atoms with Crippen LogP contribution in [0.2, 0.25) is 0 Å². The molecule has 0 aliphatic heterocycles. The average molecular weight is 339 g/mol. The van der Waals surface area contributed by atoms with E-state index >= 15 is 0 Å². The Morgan fingerprint density at radius 2 is 1.95 bits per heavy atom. The van der Waals surface area contributed by atoms with E-state index in [4.69, 9.17) is 9.47 Å². The lowest BCUT2D eigenvalue weighted by atomic mass is 10.1. The number of benzene rings is 2. The molecule has 0 aromatic heterocycles. The summed E-state index contributed by atoms with van der Waals surface area (Å²) >= 11 is 3.32. The van der Waals surface area contributed by atoms with Crippen LogP contribution in [0.3, 0.4) is 0 Å². The molecule has 0 heterocycles. The smallest absolute Gasteiger partial charge is 0.200 e. The van der Waals surface area contributed by atoms with Gasteiger partial charge >= 0.3 is 0 Å². The molecule has 0 atom stereocenters. The van der Waals surface area contributed by atoms with Gasteiger partial charge in [-0.2, -0.15) is 0 Å². The Morgan fingerprint density at radius 3 is 2.60 bits per heavy atom. The molecule has 0 spiro atoms. The van der Waals surface area contributed by atoms with Crippen LogP contribution < -0.4 is 9.47 Å². The zero-order chi connectivity index (χ0) is 14.5. The molecule has 0 fully saturated rings.